The summed E-state index contributed by atoms with van der Waals surface area (Å²) in [5.41, 5.74) is 3.05. The van der Waals surface area contributed by atoms with E-state index in [2.05, 4.69) is 21.5 Å². The van der Waals surface area contributed by atoms with Gasteiger partial charge in [-0.25, -0.2) is 13.1 Å². The topological polar surface area (TPSA) is 114 Å². The fourth-order valence-electron chi connectivity index (χ4n) is 5.96. The molecule has 2 N–H and O–H groups in total. The van der Waals surface area contributed by atoms with Crippen molar-refractivity contribution in [2.45, 2.75) is 102 Å². The van der Waals surface area contributed by atoms with Crippen LogP contribution in [0.15, 0.2) is 47.4 Å². The number of hydrogen-bond acceptors (Lipinski definition) is 5. The number of rotatable bonds is 7. The van der Waals surface area contributed by atoms with Crippen molar-refractivity contribution in [1.82, 2.24) is 14.6 Å². The van der Waals surface area contributed by atoms with Gasteiger partial charge in [-0.2, -0.15) is 9.59 Å². The number of fused-ring (bicyclic) bond motifs is 1. The maximum absolute atomic E-state index is 13.4. The average Bonchev–Trinajstić information content (AvgIpc) is 3.20. The number of amides is 1. The molecule has 2 aliphatic carbocycles. The third kappa shape index (κ3) is 7.15. The first-order valence-electron chi connectivity index (χ1n) is 14.5. The minimum atomic E-state index is -3.72. The quantitative estimate of drug-likeness (QED) is 0.358. The van der Waals surface area contributed by atoms with Gasteiger partial charge in [0.1, 0.15) is 0 Å². The van der Waals surface area contributed by atoms with Gasteiger partial charge in [0.15, 0.2) is 0 Å². The SMILES string of the molecule is Cc1c(C(=O)NC2CCC2)cc(-c2ccc(S(=O)(=O)NC(C)(C)C)c3ccccc23)n1CC1CCCCC1.O=C=O. The summed E-state index contributed by atoms with van der Waals surface area (Å²) in [4.78, 5) is 29.9. The van der Waals surface area contributed by atoms with Crippen LogP contribution in [0.2, 0.25) is 0 Å². The number of hydrogen-bond donors (Lipinski definition) is 2. The van der Waals surface area contributed by atoms with E-state index >= 15 is 0 Å². The van der Waals surface area contributed by atoms with Crippen LogP contribution in [0.5, 0.6) is 0 Å². The largest absolute Gasteiger partial charge is 0.373 e. The van der Waals surface area contributed by atoms with E-state index < -0.39 is 15.6 Å². The first kappa shape index (κ1) is 30.7. The number of nitrogens with one attached hydrogen (secondary N) is 2. The summed E-state index contributed by atoms with van der Waals surface area (Å²) in [6.07, 6.45) is 9.73. The van der Waals surface area contributed by atoms with E-state index in [1.165, 1.54) is 38.5 Å². The molecule has 1 aromatic heterocycles. The van der Waals surface area contributed by atoms with Crippen LogP contribution in [-0.4, -0.2) is 36.6 Å². The maximum atomic E-state index is 13.4. The van der Waals surface area contributed by atoms with Crippen molar-refractivity contribution in [3.63, 3.8) is 0 Å². The molecule has 0 aliphatic heterocycles. The Hall–Kier alpha value is -3.26. The molecule has 5 rings (SSSR count). The van der Waals surface area contributed by atoms with Crippen LogP contribution < -0.4 is 10.0 Å². The predicted molar refractivity (Wildman–Crippen MR) is 159 cm³/mol. The van der Waals surface area contributed by atoms with Gasteiger partial charge >= 0.3 is 6.15 Å². The normalized spacial score (nSPS) is 16.4. The Bertz CT molecular complexity index is 1540. The lowest BCUT2D eigenvalue weighted by Crippen LogP contribution is -2.40. The van der Waals surface area contributed by atoms with E-state index in [-0.39, 0.29) is 23.0 Å². The van der Waals surface area contributed by atoms with E-state index in [9.17, 15) is 13.2 Å². The number of sulfonamides is 1. The smallest absolute Gasteiger partial charge is 0.349 e. The van der Waals surface area contributed by atoms with Gasteiger partial charge in [-0.15, -0.1) is 0 Å². The van der Waals surface area contributed by atoms with Gasteiger partial charge in [-0.1, -0.05) is 49.6 Å². The number of benzene rings is 2. The summed E-state index contributed by atoms with van der Waals surface area (Å²) in [5.74, 6) is 0.576. The molecule has 0 bridgehead atoms. The molecule has 0 atom stereocenters. The lowest BCUT2D eigenvalue weighted by Gasteiger charge is -2.26. The van der Waals surface area contributed by atoms with Gasteiger partial charge in [-0.05, 0) is 83.2 Å². The van der Waals surface area contributed by atoms with Crippen LogP contribution in [0, 0.1) is 12.8 Å². The minimum absolute atomic E-state index is 0.00581. The van der Waals surface area contributed by atoms with Gasteiger partial charge in [-0.3, -0.25) is 4.79 Å². The van der Waals surface area contributed by atoms with E-state index in [1.807, 2.05) is 57.2 Å². The van der Waals surface area contributed by atoms with Crippen LogP contribution in [-0.2, 0) is 26.2 Å². The molecular weight excluding hydrogens is 538 g/mol. The average molecular weight is 580 g/mol. The molecule has 1 amide bonds. The fourth-order valence-corrected chi connectivity index (χ4v) is 7.60. The van der Waals surface area contributed by atoms with E-state index in [4.69, 9.17) is 9.59 Å². The monoisotopic (exact) mass is 579 g/mol. The standard InChI is InChI=1S/C31H41N3O3S.CO2/c1-21-27(30(35)32-23-13-10-14-23)19-28(34(21)20-22-11-6-5-7-12-22)25-17-18-29(26-16-9-8-15-24(25)26)38(36,37)33-31(2,3)4;2-1-3/h8-9,15-19,22-23,33H,5-7,10-14,20H2,1-4H3,(H,32,35);. The number of carbonyl (C=O) groups excluding carboxylic acids is 3. The van der Waals surface area contributed by atoms with Crippen LogP contribution in [0.25, 0.3) is 22.0 Å². The van der Waals surface area contributed by atoms with Crippen molar-refractivity contribution in [1.29, 1.82) is 0 Å². The molecule has 41 heavy (non-hydrogen) atoms. The zero-order chi connectivity index (χ0) is 29.8. The second-order valence-corrected chi connectivity index (χ2v) is 14.0. The number of carbonyl (C=O) groups is 1. The molecule has 2 fully saturated rings. The van der Waals surface area contributed by atoms with Crippen molar-refractivity contribution in [2.75, 3.05) is 0 Å². The summed E-state index contributed by atoms with van der Waals surface area (Å²) in [6, 6.07) is 13.6. The first-order valence-corrected chi connectivity index (χ1v) is 16.0. The molecule has 1 heterocycles. The van der Waals surface area contributed by atoms with Gasteiger partial charge in [0.25, 0.3) is 5.91 Å². The van der Waals surface area contributed by atoms with Crippen molar-refractivity contribution >= 4 is 32.9 Å². The van der Waals surface area contributed by atoms with E-state index in [1.54, 1.807) is 6.07 Å². The minimum Gasteiger partial charge on any atom is -0.349 e. The third-order valence-corrected chi connectivity index (χ3v) is 9.92. The van der Waals surface area contributed by atoms with Crippen molar-refractivity contribution in [3.8, 4) is 11.3 Å². The van der Waals surface area contributed by atoms with Crippen LogP contribution >= 0.6 is 0 Å². The van der Waals surface area contributed by atoms with Gasteiger partial charge in [0, 0.05) is 40.5 Å². The van der Waals surface area contributed by atoms with Crippen molar-refractivity contribution < 1.29 is 22.8 Å². The Kier molecular flexibility index (Phi) is 9.52. The molecule has 0 saturated heterocycles. The molecule has 0 radical (unpaired) electrons. The molecule has 220 valence electrons. The molecule has 9 heteroatoms. The van der Waals surface area contributed by atoms with Crippen LogP contribution in [0.3, 0.4) is 0 Å². The molecule has 0 spiro atoms. The zero-order valence-corrected chi connectivity index (χ0v) is 25.3. The Morgan fingerprint density at radius 2 is 1.59 bits per heavy atom. The summed E-state index contributed by atoms with van der Waals surface area (Å²) in [5, 5.41) is 4.78. The van der Waals surface area contributed by atoms with Crippen LogP contribution in [0.4, 0.5) is 0 Å². The Morgan fingerprint density at radius 1 is 0.951 bits per heavy atom. The second kappa shape index (κ2) is 12.7. The fraction of sp³-hybridized carbons (Fsp3) is 0.500. The Labute approximate surface area is 242 Å². The summed E-state index contributed by atoms with van der Waals surface area (Å²) in [7, 11) is -3.72. The summed E-state index contributed by atoms with van der Waals surface area (Å²) >= 11 is 0. The molecule has 2 aromatic carbocycles. The number of nitrogens with zero attached hydrogens (tertiary/aromatic N) is 1. The molecular formula is C32H41N3O5S. The lowest BCUT2D eigenvalue weighted by atomic mass is 9.89. The highest BCUT2D eigenvalue weighted by molar-refractivity contribution is 7.89. The highest BCUT2D eigenvalue weighted by atomic mass is 32.2. The van der Waals surface area contributed by atoms with Gasteiger partial charge in [0.05, 0.1) is 10.5 Å². The van der Waals surface area contributed by atoms with Gasteiger partial charge < -0.3 is 9.88 Å². The molecule has 3 aromatic rings. The lowest BCUT2D eigenvalue weighted by molar-refractivity contribution is -0.191. The molecule has 2 aliphatic rings. The van der Waals surface area contributed by atoms with Crippen LogP contribution in [0.1, 0.15) is 88.2 Å². The zero-order valence-electron chi connectivity index (χ0n) is 24.5. The Morgan fingerprint density at radius 3 is 2.17 bits per heavy atom. The summed E-state index contributed by atoms with van der Waals surface area (Å²) in [6.45, 7) is 8.46. The molecule has 2 saturated carbocycles. The highest BCUT2D eigenvalue weighted by Crippen LogP contribution is 2.37. The van der Waals surface area contributed by atoms with E-state index in [0.717, 1.165) is 47.3 Å². The molecule has 8 nitrogen and oxygen atoms in total. The highest BCUT2D eigenvalue weighted by Gasteiger charge is 2.28. The second-order valence-electron chi connectivity index (χ2n) is 12.3. The predicted octanol–water partition coefficient (Wildman–Crippen LogP) is 5.97. The maximum Gasteiger partial charge on any atom is 0.373 e. The third-order valence-electron chi connectivity index (χ3n) is 8.11. The van der Waals surface area contributed by atoms with E-state index in [0.29, 0.717) is 11.3 Å². The van der Waals surface area contributed by atoms with Crippen molar-refractivity contribution in [2.24, 2.45) is 5.92 Å². The Balaban J connectivity index is 0.00000124. The molecule has 0 unspecified atom stereocenters. The van der Waals surface area contributed by atoms with Crippen molar-refractivity contribution in [3.05, 3.63) is 53.7 Å². The summed E-state index contributed by atoms with van der Waals surface area (Å²) < 4.78 is 31.8. The van der Waals surface area contributed by atoms with Gasteiger partial charge in [0.2, 0.25) is 10.0 Å². The first-order chi connectivity index (χ1) is 19.4. The number of aromatic nitrogens is 1.